The zero-order chi connectivity index (χ0) is 15.2. The van der Waals surface area contributed by atoms with Crippen LogP contribution < -0.4 is 5.32 Å². The van der Waals surface area contributed by atoms with E-state index in [2.05, 4.69) is 10.3 Å². The van der Waals surface area contributed by atoms with Gasteiger partial charge < -0.3 is 10.1 Å². The summed E-state index contributed by atoms with van der Waals surface area (Å²) in [6.07, 6.45) is 1.06. The van der Waals surface area contributed by atoms with Crippen LogP contribution >= 0.6 is 23.2 Å². The van der Waals surface area contributed by atoms with Crippen LogP contribution in [0.1, 0.15) is 24.1 Å². The van der Waals surface area contributed by atoms with Gasteiger partial charge in [0.15, 0.2) is 0 Å². The van der Waals surface area contributed by atoms with Crippen molar-refractivity contribution in [1.29, 1.82) is 0 Å². The molecular formula is C15H14Cl2N2O2. The highest BCUT2D eigenvalue weighted by Crippen LogP contribution is 2.23. The number of carbonyl (C=O) groups excluding carboxylic acids is 1. The molecule has 21 heavy (non-hydrogen) atoms. The largest absolute Gasteiger partial charge is 0.445 e. The number of rotatable bonds is 4. The summed E-state index contributed by atoms with van der Waals surface area (Å²) in [5.41, 5.74) is 1.68. The van der Waals surface area contributed by atoms with Crippen LogP contribution in [0.5, 0.6) is 0 Å². The van der Waals surface area contributed by atoms with E-state index in [0.717, 1.165) is 11.1 Å². The van der Waals surface area contributed by atoms with Crippen LogP contribution in [0.2, 0.25) is 10.2 Å². The molecule has 2 rings (SSSR count). The van der Waals surface area contributed by atoms with E-state index in [4.69, 9.17) is 27.9 Å². The fraction of sp³-hybridized carbons (Fsp3) is 0.200. The van der Waals surface area contributed by atoms with Crippen molar-refractivity contribution in [3.05, 3.63) is 63.9 Å². The Hall–Kier alpha value is -1.78. The topological polar surface area (TPSA) is 51.2 Å². The molecule has 2 aromatic rings. The molecule has 1 heterocycles. The van der Waals surface area contributed by atoms with Gasteiger partial charge in [-0.2, -0.15) is 0 Å². The van der Waals surface area contributed by atoms with Crippen molar-refractivity contribution in [3.63, 3.8) is 0 Å². The van der Waals surface area contributed by atoms with E-state index in [1.807, 2.05) is 37.3 Å². The van der Waals surface area contributed by atoms with Crippen LogP contribution in [0, 0.1) is 0 Å². The Balaban J connectivity index is 1.88. The summed E-state index contributed by atoms with van der Waals surface area (Å²) >= 11 is 11.7. The number of nitrogens with zero attached hydrogens (tertiary/aromatic N) is 1. The first-order chi connectivity index (χ1) is 10.1. The number of pyridine rings is 1. The van der Waals surface area contributed by atoms with Gasteiger partial charge in [-0.25, -0.2) is 9.78 Å². The van der Waals surface area contributed by atoms with Crippen LogP contribution in [0.3, 0.4) is 0 Å². The molecule has 1 unspecified atom stereocenters. The zero-order valence-corrected chi connectivity index (χ0v) is 12.9. The molecule has 1 N–H and O–H groups in total. The van der Waals surface area contributed by atoms with Crippen molar-refractivity contribution in [2.24, 2.45) is 0 Å². The molecule has 0 saturated heterocycles. The van der Waals surface area contributed by atoms with Gasteiger partial charge in [0.1, 0.15) is 11.8 Å². The minimum Gasteiger partial charge on any atom is -0.445 e. The molecule has 1 aromatic carbocycles. The molecular weight excluding hydrogens is 311 g/mol. The summed E-state index contributed by atoms with van der Waals surface area (Å²) < 4.78 is 5.14. The maximum atomic E-state index is 11.7. The second kappa shape index (κ2) is 7.29. The Labute approximate surface area is 133 Å². The molecule has 0 fully saturated rings. The van der Waals surface area contributed by atoms with Crippen molar-refractivity contribution in [2.45, 2.75) is 19.6 Å². The minimum absolute atomic E-state index is 0.221. The quantitative estimate of drug-likeness (QED) is 0.849. The first-order valence-electron chi connectivity index (χ1n) is 6.34. The molecule has 0 spiro atoms. The number of alkyl carbamates (subject to hydrolysis) is 1. The number of nitrogens with one attached hydrogen (secondary N) is 1. The molecule has 0 bridgehead atoms. The average Bonchev–Trinajstić information content (AvgIpc) is 2.49. The maximum Gasteiger partial charge on any atom is 0.407 e. The first kappa shape index (κ1) is 15.6. The third-order valence-corrected chi connectivity index (χ3v) is 3.55. The van der Waals surface area contributed by atoms with E-state index >= 15 is 0 Å². The number of benzene rings is 1. The number of hydrogen-bond donors (Lipinski definition) is 1. The van der Waals surface area contributed by atoms with E-state index in [1.54, 1.807) is 12.3 Å². The van der Waals surface area contributed by atoms with Crippen molar-refractivity contribution >= 4 is 29.3 Å². The number of ether oxygens (including phenoxy) is 1. The van der Waals surface area contributed by atoms with Gasteiger partial charge in [0.05, 0.1) is 11.1 Å². The third kappa shape index (κ3) is 4.62. The SMILES string of the molecule is CC(NC(=O)OCc1ccccc1)c1cnc(Cl)c(Cl)c1. The first-order valence-corrected chi connectivity index (χ1v) is 7.10. The molecule has 4 nitrogen and oxygen atoms in total. The van der Waals surface area contributed by atoms with Crippen molar-refractivity contribution in [1.82, 2.24) is 10.3 Å². The predicted molar refractivity (Wildman–Crippen MR) is 82.4 cm³/mol. The lowest BCUT2D eigenvalue weighted by Crippen LogP contribution is -2.27. The monoisotopic (exact) mass is 324 g/mol. The van der Waals surface area contributed by atoms with E-state index in [1.165, 1.54) is 0 Å². The summed E-state index contributed by atoms with van der Waals surface area (Å²) in [6.45, 7) is 2.03. The predicted octanol–water partition coefficient (Wildman–Crippen LogP) is 4.38. The zero-order valence-electron chi connectivity index (χ0n) is 11.3. The molecule has 6 heteroatoms. The van der Waals surface area contributed by atoms with Gasteiger partial charge in [0.2, 0.25) is 0 Å². The van der Waals surface area contributed by atoms with Crippen LogP contribution in [0.15, 0.2) is 42.6 Å². The number of amides is 1. The average molecular weight is 325 g/mol. The normalized spacial score (nSPS) is 11.8. The van der Waals surface area contributed by atoms with Crippen molar-refractivity contribution < 1.29 is 9.53 Å². The third-order valence-electron chi connectivity index (χ3n) is 2.86. The van der Waals surface area contributed by atoms with Crippen LogP contribution in [0.4, 0.5) is 4.79 Å². The summed E-state index contributed by atoms with van der Waals surface area (Å²) in [5, 5.41) is 3.29. The maximum absolute atomic E-state index is 11.7. The number of aromatic nitrogens is 1. The van der Waals surface area contributed by atoms with Crippen molar-refractivity contribution in [3.8, 4) is 0 Å². The van der Waals surface area contributed by atoms with Gasteiger partial charge in [0, 0.05) is 6.20 Å². The van der Waals surface area contributed by atoms with Gasteiger partial charge in [-0.1, -0.05) is 53.5 Å². The summed E-state index contributed by atoms with van der Waals surface area (Å²) in [4.78, 5) is 15.7. The molecule has 0 radical (unpaired) electrons. The summed E-state index contributed by atoms with van der Waals surface area (Å²) in [5.74, 6) is 0. The van der Waals surface area contributed by atoms with Crippen molar-refractivity contribution in [2.75, 3.05) is 0 Å². The van der Waals surface area contributed by atoms with E-state index in [-0.39, 0.29) is 17.8 Å². The highest BCUT2D eigenvalue weighted by molar-refractivity contribution is 6.41. The molecule has 1 aromatic heterocycles. The lowest BCUT2D eigenvalue weighted by Gasteiger charge is -2.14. The molecule has 1 atom stereocenters. The van der Waals surface area contributed by atoms with Crippen LogP contribution in [-0.4, -0.2) is 11.1 Å². The van der Waals surface area contributed by atoms with E-state index < -0.39 is 6.09 Å². The molecule has 0 aliphatic heterocycles. The highest BCUT2D eigenvalue weighted by Gasteiger charge is 2.12. The van der Waals surface area contributed by atoms with Gasteiger partial charge in [-0.3, -0.25) is 0 Å². The van der Waals surface area contributed by atoms with Gasteiger partial charge in [-0.05, 0) is 24.1 Å². The highest BCUT2D eigenvalue weighted by atomic mass is 35.5. The second-order valence-corrected chi connectivity index (χ2v) is 5.23. The fourth-order valence-electron chi connectivity index (χ4n) is 1.70. The molecule has 1 amide bonds. The van der Waals surface area contributed by atoms with Gasteiger partial charge >= 0.3 is 6.09 Å². The molecule has 110 valence electrons. The number of halogens is 2. The molecule has 0 aliphatic rings. The molecule has 0 saturated carbocycles. The van der Waals surface area contributed by atoms with E-state index in [9.17, 15) is 4.79 Å². The standard InChI is InChI=1S/C15H14Cl2N2O2/c1-10(12-7-13(16)14(17)18-8-12)19-15(20)21-9-11-5-3-2-4-6-11/h2-8,10H,9H2,1H3,(H,19,20). The molecule has 0 aliphatic carbocycles. The Morgan fingerprint density at radius 2 is 2.05 bits per heavy atom. The summed E-state index contributed by atoms with van der Waals surface area (Å²) in [6, 6.07) is 10.8. The Kier molecular flexibility index (Phi) is 5.42. The second-order valence-electron chi connectivity index (χ2n) is 4.47. The lowest BCUT2D eigenvalue weighted by atomic mass is 10.1. The smallest absolute Gasteiger partial charge is 0.407 e. The fourth-order valence-corrected chi connectivity index (χ4v) is 1.98. The lowest BCUT2D eigenvalue weighted by molar-refractivity contribution is 0.136. The Morgan fingerprint density at radius 1 is 1.33 bits per heavy atom. The van der Waals surface area contributed by atoms with Crippen LogP contribution in [-0.2, 0) is 11.3 Å². The van der Waals surface area contributed by atoms with Crippen LogP contribution in [0.25, 0.3) is 0 Å². The van der Waals surface area contributed by atoms with E-state index in [0.29, 0.717) is 5.02 Å². The number of hydrogen-bond acceptors (Lipinski definition) is 3. The van der Waals surface area contributed by atoms with Gasteiger partial charge in [0.25, 0.3) is 0 Å². The Bertz CT molecular complexity index is 620. The summed E-state index contributed by atoms with van der Waals surface area (Å²) in [7, 11) is 0. The van der Waals surface area contributed by atoms with Gasteiger partial charge in [-0.15, -0.1) is 0 Å². The minimum atomic E-state index is -0.502. The number of carbonyl (C=O) groups is 1. The Morgan fingerprint density at radius 3 is 2.71 bits per heavy atom.